The van der Waals surface area contributed by atoms with Crippen LogP contribution in [0.4, 0.5) is 5.69 Å². The molecule has 0 bridgehead atoms. The van der Waals surface area contributed by atoms with Gasteiger partial charge in [0.25, 0.3) is 0 Å². The highest BCUT2D eigenvalue weighted by molar-refractivity contribution is 5.57. The molecule has 1 aromatic rings. The normalized spacial score (nSPS) is 10.8. The van der Waals surface area contributed by atoms with Gasteiger partial charge in [-0.3, -0.25) is 0 Å². The van der Waals surface area contributed by atoms with Gasteiger partial charge in [-0.25, -0.2) is 0 Å². The van der Waals surface area contributed by atoms with Gasteiger partial charge in [0.05, 0.1) is 7.11 Å². The Labute approximate surface area is 117 Å². The van der Waals surface area contributed by atoms with E-state index in [0.29, 0.717) is 6.54 Å². The van der Waals surface area contributed by atoms with E-state index >= 15 is 0 Å². The van der Waals surface area contributed by atoms with E-state index in [4.69, 9.17) is 10.5 Å². The minimum Gasteiger partial charge on any atom is -0.497 e. The van der Waals surface area contributed by atoms with Crippen LogP contribution in [0, 0.1) is 5.92 Å². The summed E-state index contributed by atoms with van der Waals surface area (Å²) < 4.78 is 5.34. The predicted molar refractivity (Wildman–Crippen MR) is 82.8 cm³/mol. The quantitative estimate of drug-likeness (QED) is 0.782. The van der Waals surface area contributed by atoms with Gasteiger partial charge in [0.2, 0.25) is 0 Å². The van der Waals surface area contributed by atoms with Crippen LogP contribution in [-0.2, 0) is 6.54 Å². The number of hydrogen-bond donors (Lipinski definition) is 1. The maximum absolute atomic E-state index is 5.86. The van der Waals surface area contributed by atoms with E-state index in [1.54, 1.807) is 7.11 Å². The maximum atomic E-state index is 5.86. The lowest BCUT2D eigenvalue weighted by molar-refractivity contribution is 0.414. The monoisotopic (exact) mass is 264 g/mol. The van der Waals surface area contributed by atoms with Gasteiger partial charge in [-0.2, -0.15) is 0 Å². The molecule has 0 amide bonds. The van der Waals surface area contributed by atoms with Crippen LogP contribution in [0.2, 0.25) is 0 Å². The second kappa shape index (κ2) is 8.05. The standard InChI is InChI=1S/C16H28N2O/c1-5-13(6-2)12-18(7-3)16-10-15(19-4)9-8-14(16)11-17/h8-10,13H,5-7,11-12,17H2,1-4H3. The molecule has 1 rings (SSSR count). The second-order valence-corrected chi connectivity index (χ2v) is 4.92. The predicted octanol–water partition coefficient (Wildman–Crippen LogP) is 3.42. The summed E-state index contributed by atoms with van der Waals surface area (Å²) in [6.07, 6.45) is 2.43. The molecule has 3 nitrogen and oxygen atoms in total. The molecule has 0 spiro atoms. The first-order valence-electron chi connectivity index (χ1n) is 7.31. The van der Waals surface area contributed by atoms with E-state index < -0.39 is 0 Å². The molecule has 108 valence electrons. The fourth-order valence-corrected chi connectivity index (χ4v) is 2.39. The van der Waals surface area contributed by atoms with Gasteiger partial charge < -0.3 is 15.4 Å². The highest BCUT2D eigenvalue weighted by Gasteiger charge is 2.14. The maximum Gasteiger partial charge on any atom is 0.120 e. The van der Waals surface area contributed by atoms with Crippen molar-refractivity contribution in [3.05, 3.63) is 23.8 Å². The van der Waals surface area contributed by atoms with Crippen molar-refractivity contribution in [3.63, 3.8) is 0 Å². The molecule has 0 aliphatic rings. The molecular formula is C16H28N2O. The second-order valence-electron chi connectivity index (χ2n) is 4.92. The fourth-order valence-electron chi connectivity index (χ4n) is 2.39. The molecule has 0 aliphatic heterocycles. The molecule has 0 aromatic heterocycles. The molecule has 2 N–H and O–H groups in total. The number of nitrogens with two attached hydrogens (primary N) is 1. The largest absolute Gasteiger partial charge is 0.497 e. The van der Waals surface area contributed by atoms with Crippen LogP contribution in [0.25, 0.3) is 0 Å². The third-order valence-electron chi connectivity index (χ3n) is 3.87. The van der Waals surface area contributed by atoms with Crippen LogP contribution in [-0.4, -0.2) is 20.2 Å². The smallest absolute Gasteiger partial charge is 0.120 e. The Hall–Kier alpha value is -1.22. The molecule has 0 saturated carbocycles. The SMILES string of the molecule is CCC(CC)CN(CC)c1cc(OC)ccc1CN. The van der Waals surface area contributed by atoms with Crippen molar-refractivity contribution in [3.8, 4) is 5.75 Å². The Morgan fingerprint density at radius 1 is 1.21 bits per heavy atom. The summed E-state index contributed by atoms with van der Waals surface area (Å²) in [5, 5.41) is 0. The zero-order valence-electron chi connectivity index (χ0n) is 12.8. The van der Waals surface area contributed by atoms with Crippen LogP contribution in [0.5, 0.6) is 5.75 Å². The number of anilines is 1. The lowest BCUT2D eigenvalue weighted by atomic mass is 10.0. The molecule has 0 fully saturated rings. The number of rotatable bonds is 8. The Balaban J connectivity index is 3.01. The first-order valence-corrected chi connectivity index (χ1v) is 7.31. The summed E-state index contributed by atoms with van der Waals surface area (Å²) in [6.45, 7) is 9.37. The molecule has 1 aromatic carbocycles. The minimum atomic E-state index is 0.568. The van der Waals surface area contributed by atoms with Crippen molar-refractivity contribution in [2.75, 3.05) is 25.1 Å². The van der Waals surface area contributed by atoms with E-state index in [1.165, 1.54) is 24.1 Å². The molecule has 0 saturated heterocycles. The zero-order valence-corrected chi connectivity index (χ0v) is 12.8. The van der Waals surface area contributed by atoms with Crippen LogP contribution < -0.4 is 15.4 Å². The van der Waals surface area contributed by atoms with Crippen LogP contribution in [0.3, 0.4) is 0 Å². The Morgan fingerprint density at radius 3 is 2.37 bits per heavy atom. The van der Waals surface area contributed by atoms with Gasteiger partial charge in [-0.1, -0.05) is 32.8 Å². The van der Waals surface area contributed by atoms with Gasteiger partial charge in [-0.15, -0.1) is 0 Å². The number of benzene rings is 1. The van der Waals surface area contributed by atoms with Crippen molar-refractivity contribution in [1.82, 2.24) is 0 Å². The molecule has 0 radical (unpaired) electrons. The first kappa shape index (κ1) is 15.8. The van der Waals surface area contributed by atoms with E-state index in [-0.39, 0.29) is 0 Å². The van der Waals surface area contributed by atoms with Gasteiger partial charge in [0, 0.05) is 31.4 Å². The van der Waals surface area contributed by atoms with E-state index in [0.717, 1.165) is 24.8 Å². The lowest BCUT2D eigenvalue weighted by Gasteiger charge is -2.29. The third-order valence-corrected chi connectivity index (χ3v) is 3.87. The number of nitrogens with zero attached hydrogens (tertiary/aromatic N) is 1. The number of ether oxygens (including phenoxy) is 1. The van der Waals surface area contributed by atoms with Gasteiger partial charge in [0.15, 0.2) is 0 Å². The van der Waals surface area contributed by atoms with Crippen molar-refractivity contribution in [1.29, 1.82) is 0 Å². The highest BCUT2D eigenvalue weighted by Crippen LogP contribution is 2.27. The highest BCUT2D eigenvalue weighted by atomic mass is 16.5. The van der Waals surface area contributed by atoms with Gasteiger partial charge in [0.1, 0.15) is 5.75 Å². The fraction of sp³-hybridized carbons (Fsp3) is 0.625. The van der Waals surface area contributed by atoms with Crippen molar-refractivity contribution >= 4 is 5.69 Å². The van der Waals surface area contributed by atoms with E-state index in [9.17, 15) is 0 Å². The number of methoxy groups -OCH3 is 1. The van der Waals surface area contributed by atoms with E-state index in [1.807, 2.05) is 6.07 Å². The summed E-state index contributed by atoms with van der Waals surface area (Å²) in [4.78, 5) is 2.42. The van der Waals surface area contributed by atoms with Crippen molar-refractivity contribution < 1.29 is 4.74 Å². The van der Waals surface area contributed by atoms with Crippen molar-refractivity contribution in [2.45, 2.75) is 40.2 Å². The van der Waals surface area contributed by atoms with E-state index in [2.05, 4.69) is 37.8 Å². The molecule has 3 heteroatoms. The zero-order chi connectivity index (χ0) is 14.3. The molecule has 19 heavy (non-hydrogen) atoms. The van der Waals surface area contributed by atoms with Gasteiger partial charge in [-0.05, 0) is 24.5 Å². The Bertz CT molecular complexity index is 375. The average Bonchev–Trinajstić information content (AvgIpc) is 2.48. The third kappa shape index (κ3) is 4.13. The Morgan fingerprint density at radius 2 is 1.89 bits per heavy atom. The van der Waals surface area contributed by atoms with Crippen LogP contribution in [0.15, 0.2) is 18.2 Å². The Kier molecular flexibility index (Phi) is 6.71. The van der Waals surface area contributed by atoms with Crippen LogP contribution in [0.1, 0.15) is 39.2 Å². The van der Waals surface area contributed by atoms with Crippen LogP contribution >= 0.6 is 0 Å². The summed E-state index contributed by atoms with van der Waals surface area (Å²) in [7, 11) is 1.71. The topological polar surface area (TPSA) is 38.5 Å². The summed E-state index contributed by atoms with van der Waals surface area (Å²) >= 11 is 0. The average molecular weight is 264 g/mol. The molecule has 0 aliphatic carbocycles. The summed E-state index contributed by atoms with van der Waals surface area (Å²) in [5.74, 6) is 1.63. The molecular weight excluding hydrogens is 236 g/mol. The molecule has 0 atom stereocenters. The minimum absolute atomic E-state index is 0.568. The van der Waals surface area contributed by atoms with Gasteiger partial charge >= 0.3 is 0 Å². The molecule has 0 heterocycles. The molecule has 0 unspecified atom stereocenters. The summed E-state index contributed by atoms with van der Waals surface area (Å²) in [5.41, 5.74) is 8.27. The number of hydrogen-bond acceptors (Lipinski definition) is 3. The summed E-state index contributed by atoms with van der Waals surface area (Å²) in [6, 6.07) is 6.16. The first-order chi connectivity index (χ1) is 9.19. The van der Waals surface area contributed by atoms with Crippen molar-refractivity contribution in [2.24, 2.45) is 11.7 Å². The lowest BCUT2D eigenvalue weighted by Crippen LogP contribution is -2.30.